The maximum absolute atomic E-state index is 11.8. The number of halogens is 3. The number of Topliss-reactive ketones (excluding diaryl/α,β-unsaturated/α-hetero) is 1. The summed E-state index contributed by atoms with van der Waals surface area (Å²) in [5.74, 6) is -1.18. The molecule has 0 aliphatic heterocycles. The van der Waals surface area contributed by atoms with Gasteiger partial charge < -0.3 is 4.74 Å². The molecule has 0 aliphatic rings. The van der Waals surface area contributed by atoms with Crippen LogP contribution in [0.3, 0.4) is 0 Å². The van der Waals surface area contributed by atoms with Crippen molar-refractivity contribution in [3.63, 3.8) is 0 Å². The van der Waals surface area contributed by atoms with Gasteiger partial charge >= 0.3 is 5.97 Å². The van der Waals surface area contributed by atoms with Crippen LogP contribution in [0.25, 0.3) is 0 Å². The summed E-state index contributed by atoms with van der Waals surface area (Å²) in [6, 6.07) is 9.11. The molecule has 1 aromatic heterocycles. The zero-order chi connectivity index (χ0) is 15.4. The van der Waals surface area contributed by atoms with Crippen LogP contribution >= 0.6 is 34.8 Å². The SMILES string of the molecule is O=C(COC(=O)c1nc(Cl)ccc1Cl)c1ccc(Cl)cc1. The van der Waals surface area contributed by atoms with Crippen LogP contribution in [0.2, 0.25) is 15.2 Å². The number of benzene rings is 1. The number of hydrogen-bond acceptors (Lipinski definition) is 4. The molecular weight excluding hydrogens is 337 g/mol. The summed E-state index contributed by atoms with van der Waals surface area (Å²) in [5.41, 5.74) is 0.255. The van der Waals surface area contributed by atoms with E-state index in [1.54, 1.807) is 24.3 Å². The fraction of sp³-hybridized carbons (Fsp3) is 0.0714. The van der Waals surface area contributed by atoms with Crippen molar-refractivity contribution in [1.82, 2.24) is 4.98 Å². The Balaban J connectivity index is 2.02. The topological polar surface area (TPSA) is 56.3 Å². The van der Waals surface area contributed by atoms with Crippen molar-refractivity contribution in [2.75, 3.05) is 6.61 Å². The minimum Gasteiger partial charge on any atom is -0.453 e. The quantitative estimate of drug-likeness (QED) is 0.476. The lowest BCUT2D eigenvalue weighted by molar-refractivity contribution is 0.0469. The standard InChI is InChI=1S/C14H8Cl3NO3/c15-9-3-1-8(2-4-9)11(19)7-21-14(20)13-10(16)5-6-12(17)18-13/h1-6H,7H2. The normalized spacial score (nSPS) is 10.2. The average molecular weight is 345 g/mol. The summed E-state index contributed by atoms with van der Waals surface area (Å²) < 4.78 is 4.88. The maximum Gasteiger partial charge on any atom is 0.359 e. The number of rotatable bonds is 4. The molecule has 21 heavy (non-hydrogen) atoms. The van der Waals surface area contributed by atoms with Gasteiger partial charge in [-0.05, 0) is 36.4 Å². The van der Waals surface area contributed by atoms with E-state index in [4.69, 9.17) is 39.5 Å². The van der Waals surface area contributed by atoms with Gasteiger partial charge in [0.25, 0.3) is 0 Å². The van der Waals surface area contributed by atoms with Crippen molar-refractivity contribution in [1.29, 1.82) is 0 Å². The molecule has 0 N–H and O–H groups in total. The fourth-order valence-electron chi connectivity index (χ4n) is 1.48. The summed E-state index contributed by atoms with van der Waals surface area (Å²) in [5, 5.41) is 0.720. The Morgan fingerprint density at radius 1 is 1.00 bits per heavy atom. The molecule has 1 heterocycles. The maximum atomic E-state index is 11.8. The third-order valence-corrected chi connectivity index (χ3v) is 3.27. The van der Waals surface area contributed by atoms with Crippen molar-refractivity contribution >= 4 is 46.6 Å². The molecule has 0 unspecified atom stereocenters. The molecule has 108 valence electrons. The molecule has 0 amide bonds. The number of hydrogen-bond donors (Lipinski definition) is 0. The molecule has 2 aromatic rings. The van der Waals surface area contributed by atoms with Crippen LogP contribution in [-0.4, -0.2) is 23.3 Å². The predicted octanol–water partition coefficient (Wildman–Crippen LogP) is 4.08. The minimum atomic E-state index is -0.815. The van der Waals surface area contributed by atoms with Crippen LogP contribution in [0.5, 0.6) is 0 Å². The van der Waals surface area contributed by atoms with Gasteiger partial charge in [0.1, 0.15) is 5.15 Å². The smallest absolute Gasteiger partial charge is 0.359 e. The zero-order valence-electron chi connectivity index (χ0n) is 10.5. The highest BCUT2D eigenvalue weighted by atomic mass is 35.5. The third kappa shape index (κ3) is 4.17. The van der Waals surface area contributed by atoms with Gasteiger partial charge in [0.15, 0.2) is 18.1 Å². The Morgan fingerprint density at radius 2 is 1.67 bits per heavy atom. The largest absolute Gasteiger partial charge is 0.453 e. The first-order chi connectivity index (χ1) is 9.97. The van der Waals surface area contributed by atoms with Crippen molar-refractivity contribution in [2.24, 2.45) is 0 Å². The number of pyridine rings is 1. The van der Waals surface area contributed by atoms with Crippen LogP contribution in [0, 0.1) is 0 Å². The number of nitrogens with zero attached hydrogens (tertiary/aromatic N) is 1. The van der Waals surface area contributed by atoms with Gasteiger partial charge in [0.2, 0.25) is 0 Å². The highest BCUT2D eigenvalue weighted by Gasteiger charge is 2.16. The van der Waals surface area contributed by atoms with Gasteiger partial charge in [-0.2, -0.15) is 0 Å². The summed E-state index contributed by atoms with van der Waals surface area (Å²) in [6.45, 7) is -0.426. The second kappa shape index (κ2) is 6.89. The predicted molar refractivity (Wildman–Crippen MR) is 80.3 cm³/mol. The number of ketones is 1. The minimum absolute atomic E-state index is 0.100. The molecule has 0 spiro atoms. The molecule has 0 radical (unpaired) electrons. The summed E-state index contributed by atoms with van der Waals surface area (Å²) in [4.78, 5) is 27.4. The van der Waals surface area contributed by atoms with Gasteiger partial charge in [0, 0.05) is 10.6 Å². The first-order valence-electron chi connectivity index (χ1n) is 5.75. The molecule has 0 bridgehead atoms. The first-order valence-corrected chi connectivity index (χ1v) is 6.88. The van der Waals surface area contributed by atoms with Crippen molar-refractivity contribution in [3.05, 3.63) is 62.9 Å². The number of esters is 1. The lowest BCUT2D eigenvalue weighted by Crippen LogP contribution is -2.15. The number of carbonyl (C=O) groups excluding carboxylic acids is 2. The number of aromatic nitrogens is 1. The summed E-state index contributed by atoms with van der Waals surface area (Å²) in [7, 11) is 0. The van der Waals surface area contributed by atoms with E-state index >= 15 is 0 Å². The van der Waals surface area contributed by atoms with E-state index < -0.39 is 12.6 Å². The van der Waals surface area contributed by atoms with Crippen molar-refractivity contribution in [3.8, 4) is 0 Å². The number of carbonyl (C=O) groups is 2. The molecule has 2 rings (SSSR count). The molecule has 0 saturated carbocycles. The zero-order valence-corrected chi connectivity index (χ0v) is 12.7. The van der Waals surface area contributed by atoms with E-state index in [2.05, 4.69) is 4.98 Å². The van der Waals surface area contributed by atoms with E-state index in [-0.39, 0.29) is 21.7 Å². The fourth-order valence-corrected chi connectivity index (χ4v) is 1.94. The van der Waals surface area contributed by atoms with E-state index in [1.807, 2.05) is 0 Å². The Hall–Kier alpha value is -1.62. The summed E-state index contributed by atoms with van der Waals surface area (Å²) in [6.07, 6.45) is 0. The Labute approximate surface area is 135 Å². The van der Waals surface area contributed by atoms with Crippen LogP contribution in [0.15, 0.2) is 36.4 Å². The van der Waals surface area contributed by atoms with E-state index in [1.165, 1.54) is 12.1 Å². The van der Waals surface area contributed by atoms with Crippen molar-refractivity contribution in [2.45, 2.75) is 0 Å². The highest BCUT2D eigenvalue weighted by molar-refractivity contribution is 6.34. The Morgan fingerprint density at radius 3 is 2.33 bits per heavy atom. The Kier molecular flexibility index (Phi) is 5.17. The van der Waals surface area contributed by atoms with Crippen LogP contribution in [0.4, 0.5) is 0 Å². The van der Waals surface area contributed by atoms with Crippen molar-refractivity contribution < 1.29 is 14.3 Å². The molecule has 4 nitrogen and oxygen atoms in total. The lowest BCUT2D eigenvalue weighted by atomic mass is 10.1. The first kappa shape index (κ1) is 15.8. The van der Waals surface area contributed by atoms with Gasteiger partial charge in [-0.25, -0.2) is 9.78 Å². The molecule has 1 aromatic carbocycles. The monoisotopic (exact) mass is 343 g/mol. The molecule has 0 fully saturated rings. The molecule has 0 aliphatic carbocycles. The summed E-state index contributed by atoms with van der Waals surface area (Å²) >= 11 is 17.2. The molecule has 7 heteroatoms. The second-order valence-corrected chi connectivity index (χ2v) is 5.20. The number of ether oxygens (including phenoxy) is 1. The van der Waals surface area contributed by atoms with E-state index in [0.29, 0.717) is 10.6 Å². The highest BCUT2D eigenvalue weighted by Crippen LogP contribution is 2.18. The van der Waals surface area contributed by atoms with Gasteiger partial charge in [-0.1, -0.05) is 34.8 Å². The molecule has 0 atom stereocenters. The van der Waals surface area contributed by atoms with E-state index in [0.717, 1.165) is 0 Å². The molecule has 0 saturated heterocycles. The second-order valence-electron chi connectivity index (χ2n) is 3.97. The van der Waals surface area contributed by atoms with E-state index in [9.17, 15) is 9.59 Å². The molecular formula is C14H8Cl3NO3. The van der Waals surface area contributed by atoms with Crippen LogP contribution in [-0.2, 0) is 4.74 Å². The lowest BCUT2D eigenvalue weighted by Gasteiger charge is -2.05. The van der Waals surface area contributed by atoms with Crippen LogP contribution in [0.1, 0.15) is 20.8 Å². The average Bonchev–Trinajstić information content (AvgIpc) is 2.47. The van der Waals surface area contributed by atoms with Gasteiger partial charge in [0.05, 0.1) is 5.02 Å². The third-order valence-electron chi connectivity index (χ3n) is 2.51. The van der Waals surface area contributed by atoms with Gasteiger partial charge in [-0.15, -0.1) is 0 Å². The van der Waals surface area contributed by atoms with Crippen LogP contribution < -0.4 is 0 Å². The Bertz CT molecular complexity index is 686. The van der Waals surface area contributed by atoms with Gasteiger partial charge in [-0.3, -0.25) is 4.79 Å².